The van der Waals surface area contributed by atoms with Gasteiger partial charge in [0.2, 0.25) is 0 Å². The van der Waals surface area contributed by atoms with Crippen LogP contribution in [-0.4, -0.2) is 30.2 Å². The summed E-state index contributed by atoms with van der Waals surface area (Å²) in [5.74, 6) is 0.575. The summed E-state index contributed by atoms with van der Waals surface area (Å²) in [4.78, 5) is 44.1. The zero-order valence-electron chi connectivity index (χ0n) is 24.2. The lowest BCUT2D eigenvalue weighted by atomic mass is 9.95. The Morgan fingerprint density at radius 2 is 1.93 bits per heavy atom. The van der Waals surface area contributed by atoms with Crippen LogP contribution in [0.1, 0.15) is 45.1 Å². The maximum absolute atomic E-state index is 14.0. The minimum Gasteiger partial charge on any atom is -0.493 e. The topological polar surface area (TPSA) is 109 Å². The molecule has 0 saturated carbocycles. The maximum Gasteiger partial charge on any atom is 0.338 e. The van der Waals surface area contributed by atoms with Gasteiger partial charge in [0.25, 0.3) is 5.56 Å². The van der Waals surface area contributed by atoms with Gasteiger partial charge in [-0.3, -0.25) is 14.2 Å². The number of carbonyl (C=O) groups is 2. The number of esters is 2. The summed E-state index contributed by atoms with van der Waals surface area (Å²) in [6, 6.07) is 14.9. The Hall–Kier alpha value is -4.41. The first kappa shape index (κ1) is 30.1. The largest absolute Gasteiger partial charge is 0.493 e. The van der Waals surface area contributed by atoms with E-state index in [2.05, 4.69) is 4.99 Å². The minimum absolute atomic E-state index is 0.109. The highest BCUT2D eigenvalue weighted by Crippen LogP contribution is 2.36. The molecule has 2 aromatic heterocycles. The lowest BCUT2D eigenvalue weighted by molar-refractivity contribution is -0.140. The predicted octanol–water partition coefficient (Wildman–Crippen LogP) is 5.28. The molecule has 3 heterocycles. The first-order valence-electron chi connectivity index (χ1n) is 13.5. The van der Waals surface area contributed by atoms with Crippen molar-refractivity contribution in [2.75, 3.05) is 13.7 Å². The second-order valence-corrected chi connectivity index (χ2v) is 11.7. The molecule has 0 bridgehead atoms. The van der Waals surface area contributed by atoms with Gasteiger partial charge in [-0.2, -0.15) is 0 Å². The van der Waals surface area contributed by atoms with E-state index in [1.807, 2.05) is 26.0 Å². The fourth-order valence-corrected chi connectivity index (χ4v) is 5.89. The van der Waals surface area contributed by atoms with Crippen molar-refractivity contribution in [1.82, 2.24) is 4.57 Å². The number of hydrogen-bond donors (Lipinski definition) is 0. The standard InChI is InChI=1S/C32H29ClN2O7S/c1-17(2)16-40-31(38)28-18(3)34-32-35(29(28)21-9-11-25(41-19(4)36)26(14-21)39-5)30(37)27(43-32)15-23-10-12-24(42-23)20-7-6-8-22(33)13-20/h6-15,17,29H,16H2,1-5H3/b27-15+/t29-/m0/s1. The number of furan rings is 1. The zero-order valence-corrected chi connectivity index (χ0v) is 25.7. The highest BCUT2D eigenvalue weighted by atomic mass is 35.5. The van der Waals surface area contributed by atoms with Gasteiger partial charge in [0.05, 0.1) is 35.6 Å². The molecule has 43 heavy (non-hydrogen) atoms. The van der Waals surface area contributed by atoms with Gasteiger partial charge in [-0.1, -0.05) is 55.0 Å². The van der Waals surface area contributed by atoms with Gasteiger partial charge >= 0.3 is 11.9 Å². The average Bonchev–Trinajstić information content (AvgIpc) is 3.55. The summed E-state index contributed by atoms with van der Waals surface area (Å²) < 4.78 is 24.2. The molecule has 1 aliphatic heterocycles. The highest BCUT2D eigenvalue weighted by molar-refractivity contribution is 7.07. The van der Waals surface area contributed by atoms with E-state index in [4.69, 9.17) is 30.2 Å². The number of allylic oxidation sites excluding steroid dienone is 1. The molecule has 9 nitrogen and oxygen atoms in total. The number of thiazole rings is 1. The van der Waals surface area contributed by atoms with E-state index in [1.165, 1.54) is 29.9 Å². The summed E-state index contributed by atoms with van der Waals surface area (Å²) in [6.45, 7) is 7.08. The van der Waals surface area contributed by atoms with Crippen LogP contribution in [-0.2, 0) is 14.3 Å². The molecule has 4 aromatic rings. The van der Waals surface area contributed by atoms with E-state index in [1.54, 1.807) is 55.5 Å². The third kappa shape index (κ3) is 6.35. The number of ether oxygens (including phenoxy) is 3. The van der Waals surface area contributed by atoms with Crippen molar-refractivity contribution in [1.29, 1.82) is 0 Å². The third-order valence-corrected chi connectivity index (χ3v) is 7.77. The van der Waals surface area contributed by atoms with Crippen LogP contribution in [0, 0.1) is 5.92 Å². The molecule has 0 aliphatic carbocycles. The lowest BCUT2D eigenvalue weighted by Gasteiger charge is -2.25. The Morgan fingerprint density at radius 1 is 1.14 bits per heavy atom. The molecule has 0 N–H and O–H groups in total. The van der Waals surface area contributed by atoms with Crippen LogP contribution in [0.25, 0.3) is 17.4 Å². The Kier molecular flexibility index (Phi) is 8.70. The monoisotopic (exact) mass is 620 g/mol. The molecule has 5 rings (SSSR count). The molecule has 2 aromatic carbocycles. The SMILES string of the molecule is COc1cc([C@H]2C(C(=O)OCC(C)C)=C(C)N=c3s/c(=C/c4ccc(-c5cccc(Cl)c5)o4)c(=O)n32)ccc1OC(C)=O. The number of rotatable bonds is 8. The number of nitrogens with zero attached hydrogens (tertiary/aromatic N) is 2. The number of halogens is 1. The molecule has 0 amide bonds. The Morgan fingerprint density at radius 3 is 2.63 bits per heavy atom. The second-order valence-electron chi connectivity index (χ2n) is 10.3. The van der Waals surface area contributed by atoms with Gasteiger partial charge < -0.3 is 18.6 Å². The van der Waals surface area contributed by atoms with Gasteiger partial charge in [-0.15, -0.1) is 0 Å². The van der Waals surface area contributed by atoms with Crippen molar-refractivity contribution < 1.29 is 28.2 Å². The molecule has 0 radical (unpaired) electrons. The first-order valence-corrected chi connectivity index (χ1v) is 14.7. The average molecular weight is 621 g/mol. The van der Waals surface area contributed by atoms with Crippen molar-refractivity contribution in [3.05, 3.63) is 102 Å². The van der Waals surface area contributed by atoms with E-state index < -0.39 is 18.0 Å². The highest BCUT2D eigenvalue weighted by Gasteiger charge is 2.34. The first-order chi connectivity index (χ1) is 20.5. The molecule has 0 unspecified atom stereocenters. The number of methoxy groups -OCH3 is 1. The van der Waals surface area contributed by atoms with Crippen LogP contribution in [0.2, 0.25) is 5.02 Å². The van der Waals surface area contributed by atoms with Gasteiger partial charge in [0.15, 0.2) is 16.3 Å². The smallest absolute Gasteiger partial charge is 0.338 e. The molecular formula is C32H29ClN2O7S. The minimum atomic E-state index is -0.878. The van der Waals surface area contributed by atoms with E-state index in [9.17, 15) is 14.4 Å². The number of aromatic nitrogens is 1. The fraction of sp³-hybridized carbons (Fsp3) is 0.250. The summed E-state index contributed by atoms with van der Waals surface area (Å²) in [5.41, 5.74) is 1.64. The van der Waals surface area contributed by atoms with E-state index >= 15 is 0 Å². The molecule has 1 atom stereocenters. The van der Waals surface area contributed by atoms with Crippen molar-refractivity contribution in [2.45, 2.75) is 33.7 Å². The fourth-order valence-electron chi connectivity index (χ4n) is 4.67. The summed E-state index contributed by atoms with van der Waals surface area (Å²) >= 11 is 7.32. The number of fused-ring (bicyclic) bond motifs is 1. The van der Waals surface area contributed by atoms with Crippen LogP contribution < -0.4 is 24.4 Å². The van der Waals surface area contributed by atoms with E-state index in [0.717, 1.165) is 5.56 Å². The van der Waals surface area contributed by atoms with Crippen LogP contribution in [0.15, 0.2) is 80.1 Å². The third-order valence-electron chi connectivity index (χ3n) is 6.56. The Labute approximate surface area is 256 Å². The summed E-state index contributed by atoms with van der Waals surface area (Å²) in [7, 11) is 1.44. The summed E-state index contributed by atoms with van der Waals surface area (Å²) in [6.07, 6.45) is 1.65. The van der Waals surface area contributed by atoms with E-state index in [-0.39, 0.29) is 35.2 Å². The molecule has 0 spiro atoms. The number of carbonyl (C=O) groups excluding carboxylic acids is 2. The maximum atomic E-state index is 14.0. The quantitative estimate of drug-likeness (QED) is 0.195. The van der Waals surface area contributed by atoms with Crippen LogP contribution >= 0.6 is 22.9 Å². The predicted molar refractivity (Wildman–Crippen MR) is 163 cm³/mol. The molecule has 11 heteroatoms. The van der Waals surface area contributed by atoms with Gasteiger partial charge in [0.1, 0.15) is 11.5 Å². The number of benzene rings is 2. The van der Waals surface area contributed by atoms with Gasteiger partial charge in [-0.25, -0.2) is 9.79 Å². The molecular weight excluding hydrogens is 592 g/mol. The van der Waals surface area contributed by atoms with Crippen LogP contribution in [0.4, 0.5) is 0 Å². The van der Waals surface area contributed by atoms with Crippen LogP contribution in [0.5, 0.6) is 11.5 Å². The molecule has 222 valence electrons. The van der Waals surface area contributed by atoms with E-state index in [0.29, 0.717) is 37.1 Å². The normalized spacial score (nSPS) is 14.9. The molecule has 0 fully saturated rings. The zero-order chi connectivity index (χ0) is 30.8. The van der Waals surface area contributed by atoms with Crippen molar-refractivity contribution in [2.24, 2.45) is 10.9 Å². The van der Waals surface area contributed by atoms with Gasteiger partial charge in [-0.05, 0) is 54.8 Å². The Balaban J connectivity index is 1.64. The van der Waals surface area contributed by atoms with Gasteiger partial charge in [0, 0.05) is 23.6 Å². The summed E-state index contributed by atoms with van der Waals surface area (Å²) in [5, 5.41) is 0.583. The lowest BCUT2D eigenvalue weighted by Crippen LogP contribution is -2.40. The van der Waals surface area contributed by atoms with Crippen molar-refractivity contribution in [3.63, 3.8) is 0 Å². The number of hydrogen-bond acceptors (Lipinski definition) is 9. The second kappa shape index (κ2) is 12.4. The Bertz CT molecular complexity index is 1930. The van der Waals surface area contributed by atoms with Crippen LogP contribution in [0.3, 0.4) is 0 Å². The molecule has 1 aliphatic rings. The van der Waals surface area contributed by atoms with Crippen molar-refractivity contribution >= 4 is 41.0 Å². The molecule has 0 saturated heterocycles. The van der Waals surface area contributed by atoms with Crippen molar-refractivity contribution in [3.8, 4) is 22.8 Å².